The molecule has 1 aliphatic heterocycles. The van der Waals surface area contributed by atoms with Gasteiger partial charge in [0.05, 0.1) is 11.6 Å². The van der Waals surface area contributed by atoms with Crippen LogP contribution in [0.25, 0.3) is 5.76 Å². The van der Waals surface area contributed by atoms with Crippen LogP contribution in [-0.2, 0) is 9.59 Å². The van der Waals surface area contributed by atoms with Crippen LogP contribution < -0.4 is 9.64 Å². The highest BCUT2D eigenvalue weighted by Crippen LogP contribution is 2.43. The van der Waals surface area contributed by atoms with E-state index in [4.69, 9.17) is 4.74 Å². The van der Waals surface area contributed by atoms with Crippen LogP contribution in [0.1, 0.15) is 28.3 Å². The minimum atomic E-state index is -0.952. The minimum Gasteiger partial charge on any atom is -0.507 e. The molecule has 1 amide bonds. The Labute approximate surface area is 214 Å². The predicted molar refractivity (Wildman–Crippen MR) is 140 cm³/mol. The summed E-state index contributed by atoms with van der Waals surface area (Å²) >= 11 is 0. The maximum Gasteiger partial charge on any atom is 0.300 e. The Morgan fingerprint density at radius 2 is 1.51 bits per heavy atom. The highest BCUT2D eigenvalue weighted by molar-refractivity contribution is 6.51. The molecule has 4 aromatic carbocycles. The van der Waals surface area contributed by atoms with Crippen LogP contribution in [0.2, 0.25) is 0 Å². The third-order valence-electron chi connectivity index (χ3n) is 6.48. The molecule has 5 nitrogen and oxygen atoms in total. The SMILES string of the molecule is Cc1ccc(/C(O)=C2/C(=O)C(=O)N(c3ccc(F)cc3)C2c2cccc(Oc3ccccc3)c2)cc1C. The van der Waals surface area contributed by atoms with Crippen LogP contribution in [0, 0.1) is 19.7 Å². The lowest BCUT2D eigenvalue weighted by molar-refractivity contribution is -0.132. The summed E-state index contributed by atoms with van der Waals surface area (Å²) < 4.78 is 19.7. The second kappa shape index (κ2) is 9.74. The first kappa shape index (κ1) is 24.0. The van der Waals surface area contributed by atoms with Gasteiger partial charge in [-0.3, -0.25) is 14.5 Å². The maximum atomic E-state index is 13.7. The van der Waals surface area contributed by atoms with Crippen LogP contribution in [0.3, 0.4) is 0 Å². The van der Waals surface area contributed by atoms with Crippen molar-refractivity contribution in [2.75, 3.05) is 4.90 Å². The van der Waals surface area contributed by atoms with Crippen molar-refractivity contribution in [3.8, 4) is 11.5 Å². The number of halogens is 1. The summed E-state index contributed by atoms with van der Waals surface area (Å²) in [5, 5.41) is 11.4. The number of ether oxygens (including phenoxy) is 1. The average molecular weight is 494 g/mol. The summed E-state index contributed by atoms with van der Waals surface area (Å²) in [5.41, 5.74) is 3.25. The number of para-hydroxylation sites is 1. The molecule has 0 saturated carbocycles. The number of carbonyl (C=O) groups is 2. The maximum absolute atomic E-state index is 13.7. The molecule has 1 N–H and O–H groups in total. The Morgan fingerprint density at radius 1 is 0.811 bits per heavy atom. The normalized spacial score (nSPS) is 16.7. The van der Waals surface area contributed by atoms with Crippen LogP contribution in [-0.4, -0.2) is 16.8 Å². The molecule has 0 aromatic heterocycles. The zero-order valence-electron chi connectivity index (χ0n) is 20.3. The summed E-state index contributed by atoms with van der Waals surface area (Å²) in [7, 11) is 0. The molecule has 5 rings (SSSR count). The zero-order valence-corrected chi connectivity index (χ0v) is 20.3. The fourth-order valence-corrected chi connectivity index (χ4v) is 4.43. The van der Waals surface area contributed by atoms with E-state index in [0.29, 0.717) is 28.3 Å². The molecule has 1 atom stereocenters. The number of carbonyl (C=O) groups excluding carboxylic acids is 2. The molecule has 37 heavy (non-hydrogen) atoms. The van der Waals surface area contributed by atoms with Crippen LogP contribution >= 0.6 is 0 Å². The molecule has 0 radical (unpaired) electrons. The third-order valence-corrected chi connectivity index (χ3v) is 6.48. The first-order valence-corrected chi connectivity index (χ1v) is 11.8. The van der Waals surface area contributed by atoms with E-state index in [-0.39, 0.29) is 11.3 Å². The van der Waals surface area contributed by atoms with Crippen LogP contribution in [0.15, 0.2) is 103 Å². The molecule has 1 aliphatic rings. The van der Waals surface area contributed by atoms with Crippen molar-refractivity contribution >= 4 is 23.1 Å². The van der Waals surface area contributed by atoms with E-state index in [1.54, 1.807) is 36.4 Å². The van der Waals surface area contributed by atoms with Crippen molar-refractivity contribution in [1.29, 1.82) is 0 Å². The summed E-state index contributed by atoms with van der Waals surface area (Å²) in [6.07, 6.45) is 0. The van der Waals surface area contributed by atoms with Crippen molar-refractivity contribution in [3.63, 3.8) is 0 Å². The average Bonchev–Trinajstić information content (AvgIpc) is 3.17. The monoisotopic (exact) mass is 493 g/mol. The summed E-state index contributed by atoms with van der Waals surface area (Å²) in [6, 6.07) is 26.0. The molecular formula is C31H24FNO4. The lowest BCUT2D eigenvalue weighted by atomic mass is 9.94. The number of ketones is 1. The number of nitrogens with zero attached hydrogens (tertiary/aromatic N) is 1. The van der Waals surface area contributed by atoms with E-state index in [1.807, 2.05) is 50.2 Å². The van der Waals surface area contributed by atoms with Gasteiger partial charge in [-0.2, -0.15) is 0 Å². The Morgan fingerprint density at radius 3 is 2.22 bits per heavy atom. The Bertz CT molecular complexity index is 1530. The number of anilines is 1. The molecule has 0 aliphatic carbocycles. The van der Waals surface area contributed by atoms with E-state index in [0.717, 1.165) is 11.1 Å². The van der Waals surface area contributed by atoms with Crippen molar-refractivity contribution in [3.05, 3.63) is 131 Å². The number of aliphatic hydroxyl groups is 1. The van der Waals surface area contributed by atoms with Crippen molar-refractivity contribution in [2.24, 2.45) is 0 Å². The fraction of sp³-hybridized carbons (Fsp3) is 0.0968. The number of hydrogen-bond donors (Lipinski definition) is 1. The standard InChI is InChI=1S/C31H24FNO4/c1-19-11-12-22(17-20(19)2)29(34)27-28(33(31(36)30(27)35)24-15-13-23(32)14-16-24)21-7-6-10-26(18-21)37-25-8-4-3-5-9-25/h3-18,28,34H,1-2H3/b29-27-. The smallest absolute Gasteiger partial charge is 0.300 e. The molecule has 4 aromatic rings. The molecule has 1 fully saturated rings. The molecule has 0 bridgehead atoms. The van der Waals surface area contributed by atoms with Gasteiger partial charge >= 0.3 is 0 Å². The zero-order chi connectivity index (χ0) is 26.1. The van der Waals surface area contributed by atoms with Gasteiger partial charge in [0.25, 0.3) is 11.7 Å². The molecule has 184 valence electrons. The minimum absolute atomic E-state index is 0.0468. The first-order valence-electron chi connectivity index (χ1n) is 11.8. The summed E-state index contributed by atoms with van der Waals surface area (Å²) in [4.78, 5) is 28.0. The van der Waals surface area contributed by atoms with Gasteiger partial charge in [-0.25, -0.2) is 4.39 Å². The van der Waals surface area contributed by atoms with Gasteiger partial charge < -0.3 is 9.84 Å². The molecular weight excluding hydrogens is 469 g/mol. The number of aliphatic hydroxyl groups excluding tert-OH is 1. The number of aryl methyl sites for hydroxylation is 2. The first-order chi connectivity index (χ1) is 17.8. The number of rotatable bonds is 5. The summed E-state index contributed by atoms with van der Waals surface area (Å²) in [6.45, 7) is 3.86. The topological polar surface area (TPSA) is 66.8 Å². The van der Waals surface area contributed by atoms with Crippen molar-refractivity contribution < 1.29 is 23.8 Å². The highest BCUT2D eigenvalue weighted by Gasteiger charge is 2.47. The van der Waals surface area contributed by atoms with E-state index in [1.165, 1.54) is 29.2 Å². The highest BCUT2D eigenvalue weighted by atomic mass is 19.1. The molecule has 1 unspecified atom stereocenters. The Kier molecular flexibility index (Phi) is 6.32. The lowest BCUT2D eigenvalue weighted by Crippen LogP contribution is -2.29. The van der Waals surface area contributed by atoms with Gasteiger partial charge in [0.2, 0.25) is 0 Å². The van der Waals surface area contributed by atoms with Gasteiger partial charge in [-0.1, -0.05) is 42.5 Å². The molecule has 1 heterocycles. The number of Topliss-reactive ketones (excluding diaryl/α,β-unsaturated/α-hetero) is 1. The fourth-order valence-electron chi connectivity index (χ4n) is 4.43. The van der Waals surface area contributed by atoms with Gasteiger partial charge in [-0.15, -0.1) is 0 Å². The van der Waals surface area contributed by atoms with Gasteiger partial charge in [0.1, 0.15) is 23.1 Å². The van der Waals surface area contributed by atoms with E-state index in [9.17, 15) is 19.1 Å². The van der Waals surface area contributed by atoms with E-state index in [2.05, 4.69) is 0 Å². The molecule has 6 heteroatoms. The molecule has 1 saturated heterocycles. The van der Waals surface area contributed by atoms with Crippen molar-refractivity contribution in [2.45, 2.75) is 19.9 Å². The van der Waals surface area contributed by atoms with Crippen LogP contribution in [0.4, 0.5) is 10.1 Å². The van der Waals surface area contributed by atoms with Gasteiger partial charge in [-0.05, 0) is 85.1 Å². The van der Waals surface area contributed by atoms with Crippen LogP contribution in [0.5, 0.6) is 11.5 Å². The van der Waals surface area contributed by atoms with Crippen molar-refractivity contribution in [1.82, 2.24) is 0 Å². The third kappa shape index (κ3) is 4.61. The van der Waals surface area contributed by atoms with E-state index >= 15 is 0 Å². The second-order valence-electron chi connectivity index (χ2n) is 8.93. The Balaban J connectivity index is 1.67. The second-order valence-corrected chi connectivity index (χ2v) is 8.93. The van der Waals surface area contributed by atoms with E-state index < -0.39 is 23.5 Å². The largest absolute Gasteiger partial charge is 0.507 e. The predicted octanol–water partition coefficient (Wildman–Crippen LogP) is 6.86. The number of benzene rings is 4. The number of amides is 1. The van der Waals surface area contributed by atoms with Gasteiger partial charge in [0.15, 0.2) is 0 Å². The summed E-state index contributed by atoms with van der Waals surface area (Å²) in [5.74, 6) is -1.24. The lowest BCUT2D eigenvalue weighted by Gasteiger charge is -2.26. The quantitative estimate of drug-likeness (QED) is 0.187. The molecule has 0 spiro atoms. The Hall–Kier alpha value is -4.71. The van der Waals surface area contributed by atoms with Gasteiger partial charge in [0, 0.05) is 11.3 Å². The number of hydrogen-bond acceptors (Lipinski definition) is 4.